The van der Waals surface area contributed by atoms with Gasteiger partial charge in [0.05, 0.1) is 34.1 Å². The molecule has 2 aromatic heterocycles. The number of aromatic nitrogens is 2. The van der Waals surface area contributed by atoms with Crippen LogP contribution in [0.25, 0.3) is 10.2 Å². The Kier molecular flexibility index (Phi) is 4.86. The Bertz CT molecular complexity index is 930. The third kappa shape index (κ3) is 3.16. The molecule has 0 atom stereocenters. The Morgan fingerprint density at radius 2 is 1.92 bits per heavy atom. The molecule has 128 valence electrons. The number of aryl methyl sites for hydroxylation is 2. The largest absolute Gasteiger partial charge is 0.383 e. The van der Waals surface area contributed by atoms with E-state index in [1.165, 1.54) is 27.0 Å². The van der Waals surface area contributed by atoms with E-state index in [0.29, 0.717) is 10.8 Å². The van der Waals surface area contributed by atoms with E-state index in [2.05, 4.69) is 9.97 Å². The van der Waals surface area contributed by atoms with Crippen LogP contribution in [0.5, 0.6) is 0 Å². The second-order valence-corrected chi connectivity index (χ2v) is 9.41. The smallest absolute Gasteiger partial charge is 0.277 e. The van der Waals surface area contributed by atoms with Crippen molar-refractivity contribution in [3.8, 4) is 0 Å². The van der Waals surface area contributed by atoms with Gasteiger partial charge in [-0.25, -0.2) is 22.7 Å². The molecule has 3 aromatic rings. The van der Waals surface area contributed by atoms with Gasteiger partial charge in [0, 0.05) is 7.11 Å². The van der Waals surface area contributed by atoms with Crippen LogP contribution in [-0.4, -0.2) is 38.6 Å². The lowest BCUT2D eigenvalue weighted by molar-refractivity contribution is 0.208. The van der Waals surface area contributed by atoms with Crippen LogP contribution >= 0.6 is 22.7 Å². The highest BCUT2D eigenvalue weighted by molar-refractivity contribution is 7.95. The summed E-state index contributed by atoms with van der Waals surface area (Å²) in [6.07, 6.45) is 0. The minimum Gasteiger partial charge on any atom is -0.383 e. The molecule has 0 aliphatic heterocycles. The molecule has 0 unspecified atom stereocenters. The normalized spacial score (nSPS) is 12.0. The zero-order chi connectivity index (χ0) is 17.3. The van der Waals surface area contributed by atoms with Crippen molar-refractivity contribution < 1.29 is 13.2 Å². The maximum absolute atomic E-state index is 13.2. The quantitative estimate of drug-likeness (QED) is 0.653. The van der Waals surface area contributed by atoms with E-state index in [1.54, 1.807) is 21.0 Å². The Hall–Kier alpha value is -1.55. The third-order valence-corrected chi connectivity index (χ3v) is 8.00. The summed E-state index contributed by atoms with van der Waals surface area (Å²) in [5, 5.41) is 1.17. The summed E-state index contributed by atoms with van der Waals surface area (Å²) in [5.41, 5.74) is 1.30. The van der Waals surface area contributed by atoms with E-state index in [9.17, 15) is 8.42 Å². The number of hydrogen-bond donors (Lipinski definition) is 0. The van der Waals surface area contributed by atoms with E-state index in [0.717, 1.165) is 15.2 Å². The minimum atomic E-state index is -3.73. The van der Waals surface area contributed by atoms with Gasteiger partial charge in [-0.2, -0.15) is 0 Å². The molecule has 0 saturated carbocycles. The number of ether oxygens (including phenoxy) is 1. The zero-order valence-electron chi connectivity index (χ0n) is 13.5. The number of fused-ring (bicyclic) bond motifs is 1. The number of nitrogens with zero attached hydrogens (tertiary/aromatic N) is 3. The fourth-order valence-electron chi connectivity index (χ4n) is 2.31. The first-order valence-electron chi connectivity index (χ1n) is 7.25. The second kappa shape index (κ2) is 6.75. The Morgan fingerprint density at radius 3 is 2.54 bits per heavy atom. The molecule has 0 aliphatic rings. The average Bonchev–Trinajstić information content (AvgIpc) is 3.10. The summed E-state index contributed by atoms with van der Waals surface area (Å²) in [5.74, 6) is 0. The van der Waals surface area contributed by atoms with E-state index in [-0.39, 0.29) is 17.4 Å². The van der Waals surface area contributed by atoms with Crippen molar-refractivity contribution in [2.24, 2.45) is 0 Å². The minimum absolute atomic E-state index is 0.203. The van der Waals surface area contributed by atoms with Crippen LogP contribution in [0, 0.1) is 13.8 Å². The molecule has 0 N–H and O–H groups in total. The van der Waals surface area contributed by atoms with E-state index in [1.807, 2.05) is 24.3 Å². The molecule has 2 heterocycles. The third-order valence-electron chi connectivity index (χ3n) is 3.38. The zero-order valence-corrected chi connectivity index (χ0v) is 16.0. The van der Waals surface area contributed by atoms with Gasteiger partial charge in [-0.15, -0.1) is 11.3 Å². The van der Waals surface area contributed by atoms with Gasteiger partial charge >= 0.3 is 0 Å². The van der Waals surface area contributed by atoms with Gasteiger partial charge in [-0.05, 0) is 26.0 Å². The van der Waals surface area contributed by atoms with Crippen molar-refractivity contribution in [3.63, 3.8) is 0 Å². The van der Waals surface area contributed by atoms with Crippen LogP contribution in [0.3, 0.4) is 0 Å². The van der Waals surface area contributed by atoms with Crippen molar-refractivity contribution in [1.82, 2.24) is 9.97 Å². The van der Waals surface area contributed by atoms with Gasteiger partial charge in [-0.3, -0.25) is 0 Å². The number of methoxy groups -OCH3 is 1. The number of benzene rings is 1. The van der Waals surface area contributed by atoms with Gasteiger partial charge in [-0.1, -0.05) is 23.5 Å². The molecule has 0 aliphatic carbocycles. The van der Waals surface area contributed by atoms with Gasteiger partial charge in [0.2, 0.25) is 5.13 Å². The molecule has 0 amide bonds. The molecule has 1 aromatic carbocycles. The fourth-order valence-corrected chi connectivity index (χ4v) is 6.49. The van der Waals surface area contributed by atoms with Crippen LogP contribution in [0.1, 0.15) is 10.7 Å². The van der Waals surface area contributed by atoms with Crippen LogP contribution in [0.4, 0.5) is 5.13 Å². The van der Waals surface area contributed by atoms with Gasteiger partial charge in [0.1, 0.15) is 0 Å². The molecule has 0 fully saturated rings. The Labute approximate surface area is 148 Å². The average molecular weight is 384 g/mol. The number of para-hydroxylation sites is 1. The summed E-state index contributed by atoms with van der Waals surface area (Å²) in [4.78, 5) is 8.73. The number of rotatable bonds is 6. The summed E-state index contributed by atoms with van der Waals surface area (Å²) >= 11 is 2.53. The first kappa shape index (κ1) is 17.3. The lowest BCUT2D eigenvalue weighted by atomic mass is 10.3. The van der Waals surface area contributed by atoms with Gasteiger partial charge in [0.25, 0.3) is 10.0 Å². The number of thiazole rings is 2. The van der Waals surface area contributed by atoms with Crippen molar-refractivity contribution in [2.75, 3.05) is 24.6 Å². The topological polar surface area (TPSA) is 72.4 Å². The molecule has 9 heteroatoms. The summed E-state index contributed by atoms with van der Waals surface area (Å²) in [6, 6.07) is 7.60. The SMILES string of the molecule is COCCN(c1nc2ccccc2s1)S(=O)(=O)c1sc(C)nc1C. The summed E-state index contributed by atoms with van der Waals surface area (Å²) in [7, 11) is -2.18. The second-order valence-electron chi connectivity index (χ2n) is 5.14. The highest BCUT2D eigenvalue weighted by Gasteiger charge is 2.31. The van der Waals surface area contributed by atoms with E-state index in [4.69, 9.17) is 4.74 Å². The highest BCUT2D eigenvalue weighted by atomic mass is 32.2. The molecule has 24 heavy (non-hydrogen) atoms. The lowest BCUT2D eigenvalue weighted by Crippen LogP contribution is -2.33. The first-order chi connectivity index (χ1) is 11.4. The highest BCUT2D eigenvalue weighted by Crippen LogP contribution is 2.34. The molecule has 0 radical (unpaired) electrons. The summed E-state index contributed by atoms with van der Waals surface area (Å²) < 4.78 is 33.9. The molecule has 3 rings (SSSR count). The van der Waals surface area contributed by atoms with Crippen LogP contribution in [-0.2, 0) is 14.8 Å². The van der Waals surface area contributed by atoms with Crippen molar-refractivity contribution in [3.05, 3.63) is 35.0 Å². The van der Waals surface area contributed by atoms with Crippen molar-refractivity contribution >= 4 is 48.0 Å². The summed E-state index contributed by atoms with van der Waals surface area (Å²) in [6.45, 7) is 4.00. The Morgan fingerprint density at radius 1 is 1.17 bits per heavy atom. The monoisotopic (exact) mass is 383 g/mol. The maximum Gasteiger partial charge on any atom is 0.277 e. The van der Waals surface area contributed by atoms with Crippen LogP contribution < -0.4 is 4.31 Å². The van der Waals surface area contributed by atoms with Crippen LogP contribution in [0.15, 0.2) is 28.5 Å². The van der Waals surface area contributed by atoms with Crippen molar-refractivity contribution in [2.45, 2.75) is 18.1 Å². The van der Waals surface area contributed by atoms with E-state index >= 15 is 0 Å². The maximum atomic E-state index is 13.2. The standard InChI is InChI=1S/C15H17N3O3S3/c1-10-14(22-11(2)16-10)24(19,20)18(8-9-21-3)15-17-12-6-4-5-7-13(12)23-15/h4-7H,8-9H2,1-3H3. The molecule has 0 bridgehead atoms. The number of hydrogen-bond acceptors (Lipinski definition) is 7. The fraction of sp³-hybridized carbons (Fsp3) is 0.333. The molecular weight excluding hydrogens is 366 g/mol. The first-order valence-corrected chi connectivity index (χ1v) is 10.3. The van der Waals surface area contributed by atoms with Gasteiger partial charge < -0.3 is 4.74 Å². The predicted octanol–water partition coefficient (Wildman–Crippen LogP) is 3.21. The van der Waals surface area contributed by atoms with Crippen molar-refractivity contribution in [1.29, 1.82) is 0 Å². The van der Waals surface area contributed by atoms with Crippen LogP contribution in [0.2, 0.25) is 0 Å². The number of sulfonamides is 1. The van der Waals surface area contributed by atoms with Gasteiger partial charge in [0.15, 0.2) is 4.21 Å². The number of anilines is 1. The molecule has 0 saturated heterocycles. The molecular formula is C15H17N3O3S3. The molecule has 6 nitrogen and oxygen atoms in total. The molecule has 0 spiro atoms. The Balaban J connectivity index is 2.10. The van der Waals surface area contributed by atoms with E-state index < -0.39 is 10.0 Å². The lowest BCUT2D eigenvalue weighted by Gasteiger charge is -2.20. The predicted molar refractivity (Wildman–Crippen MR) is 97.6 cm³/mol.